The molecule has 118 valence electrons. The maximum Gasteiger partial charge on any atom is 0.433 e. The number of amides is 1. The average molecular weight is 311 g/mol. The maximum absolute atomic E-state index is 12.8. The molecule has 0 aliphatic carbocycles. The number of pyridine rings is 2. The van der Waals surface area contributed by atoms with E-state index in [9.17, 15) is 18.0 Å². The van der Waals surface area contributed by atoms with E-state index in [1.165, 1.54) is 0 Å². The second-order valence-corrected chi connectivity index (χ2v) is 6.09. The van der Waals surface area contributed by atoms with E-state index in [2.05, 4.69) is 15.3 Å². The van der Waals surface area contributed by atoms with E-state index < -0.39 is 17.3 Å². The molecule has 1 amide bonds. The van der Waals surface area contributed by atoms with Gasteiger partial charge in [0.15, 0.2) is 5.65 Å². The predicted molar refractivity (Wildman–Crippen MR) is 77.4 cm³/mol. The molecule has 0 radical (unpaired) electrons. The summed E-state index contributed by atoms with van der Waals surface area (Å²) in [7, 11) is 0. The molecule has 22 heavy (non-hydrogen) atoms. The zero-order valence-electron chi connectivity index (χ0n) is 12.7. The molecule has 0 aliphatic rings. The lowest BCUT2D eigenvalue weighted by Gasteiger charge is -2.17. The average Bonchev–Trinajstić information content (AvgIpc) is 2.36. The normalized spacial score (nSPS) is 12.5. The molecule has 0 fully saturated rings. The molecule has 0 unspecified atom stereocenters. The quantitative estimate of drug-likeness (QED) is 0.868. The number of aryl methyl sites for hydroxylation is 1. The van der Waals surface area contributed by atoms with Crippen LogP contribution in [0.2, 0.25) is 0 Å². The van der Waals surface area contributed by atoms with Gasteiger partial charge < -0.3 is 5.32 Å². The highest BCUT2D eigenvalue weighted by Gasteiger charge is 2.33. The molecule has 0 spiro atoms. The van der Waals surface area contributed by atoms with Gasteiger partial charge in [-0.25, -0.2) is 9.97 Å². The van der Waals surface area contributed by atoms with Gasteiger partial charge in [0.05, 0.1) is 0 Å². The predicted octanol–water partition coefficient (Wildman–Crippen LogP) is 3.94. The van der Waals surface area contributed by atoms with Gasteiger partial charge in [-0.1, -0.05) is 20.8 Å². The first-order chi connectivity index (χ1) is 9.98. The Hall–Kier alpha value is -2.18. The summed E-state index contributed by atoms with van der Waals surface area (Å²) >= 11 is 0. The van der Waals surface area contributed by atoms with Crippen molar-refractivity contribution in [2.75, 3.05) is 5.32 Å². The highest BCUT2D eigenvalue weighted by atomic mass is 19.4. The van der Waals surface area contributed by atoms with E-state index >= 15 is 0 Å². The molecule has 2 rings (SSSR count). The Bertz CT molecular complexity index is 733. The van der Waals surface area contributed by atoms with E-state index in [1.807, 2.05) is 0 Å². The summed E-state index contributed by atoms with van der Waals surface area (Å²) in [4.78, 5) is 19.5. The summed E-state index contributed by atoms with van der Waals surface area (Å²) in [6, 6.07) is 4.13. The number of nitrogens with one attached hydrogen (secondary N) is 1. The third-order valence-corrected chi connectivity index (χ3v) is 3.09. The first kappa shape index (κ1) is 16.2. The summed E-state index contributed by atoms with van der Waals surface area (Å²) in [5.41, 5.74) is -1.24. The highest BCUT2D eigenvalue weighted by molar-refractivity contribution is 5.94. The molecule has 1 N–H and O–H groups in total. The van der Waals surface area contributed by atoms with Crippen molar-refractivity contribution in [2.24, 2.45) is 5.41 Å². The van der Waals surface area contributed by atoms with Crippen LogP contribution in [0.3, 0.4) is 0 Å². The number of fused-ring (bicyclic) bond motifs is 1. The largest absolute Gasteiger partial charge is 0.433 e. The topological polar surface area (TPSA) is 54.9 Å². The van der Waals surface area contributed by atoms with Gasteiger partial charge >= 0.3 is 6.18 Å². The number of hydrogen-bond acceptors (Lipinski definition) is 3. The van der Waals surface area contributed by atoms with E-state index in [-0.39, 0.29) is 17.4 Å². The summed E-state index contributed by atoms with van der Waals surface area (Å²) in [6.45, 7) is 6.75. The van der Waals surface area contributed by atoms with Gasteiger partial charge in [-0.15, -0.1) is 0 Å². The third kappa shape index (κ3) is 3.35. The molecule has 7 heteroatoms. The lowest BCUT2D eigenvalue weighted by atomic mass is 9.96. The van der Waals surface area contributed by atoms with Crippen molar-refractivity contribution in [3.05, 3.63) is 29.5 Å². The van der Waals surface area contributed by atoms with Crippen molar-refractivity contribution in [3.8, 4) is 0 Å². The summed E-state index contributed by atoms with van der Waals surface area (Å²) in [6.07, 6.45) is -4.54. The molecule has 0 aromatic carbocycles. The zero-order chi connectivity index (χ0) is 16.7. The smallest absolute Gasteiger partial charge is 0.310 e. The fourth-order valence-corrected chi connectivity index (χ4v) is 1.79. The molecule has 2 heterocycles. The highest BCUT2D eigenvalue weighted by Crippen LogP contribution is 2.30. The molecular formula is C15H16F3N3O. The van der Waals surface area contributed by atoms with Crippen LogP contribution in [0.25, 0.3) is 11.0 Å². The Morgan fingerprint density at radius 2 is 1.77 bits per heavy atom. The van der Waals surface area contributed by atoms with Gasteiger partial charge in [0.2, 0.25) is 5.91 Å². The minimum absolute atomic E-state index is 0.0426. The van der Waals surface area contributed by atoms with E-state index in [0.29, 0.717) is 10.9 Å². The van der Waals surface area contributed by atoms with Crippen LogP contribution in [0.15, 0.2) is 18.2 Å². The summed E-state index contributed by atoms with van der Waals surface area (Å²) in [5.74, 6) is -0.0957. The molecule has 2 aromatic heterocycles. The molecule has 0 aliphatic heterocycles. The monoisotopic (exact) mass is 311 g/mol. The molecule has 0 saturated carbocycles. The van der Waals surface area contributed by atoms with E-state index in [0.717, 1.165) is 6.07 Å². The van der Waals surface area contributed by atoms with Crippen LogP contribution in [0.1, 0.15) is 32.0 Å². The number of rotatable bonds is 1. The van der Waals surface area contributed by atoms with Crippen molar-refractivity contribution < 1.29 is 18.0 Å². The first-order valence-corrected chi connectivity index (χ1v) is 6.65. The lowest BCUT2D eigenvalue weighted by Crippen LogP contribution is -2.28. The van der Waals surface area contributed by atoms with Gasteiger partial charge in [-0.05, 0) is 30.7 Å². The minimum atomic E-state index is -4.54. The summed E-state index contributed by atoms with van der Waals surface area (Å²) < 4.78 is 38.4. The molecule has 0 bridgehead atoms. The molecule has 2 aromatic rings. The summed E-state index contributed by atoms with van der Waals surface area (Å²) in [5, 5.41) is 3.10. The van der Waals surface area contributed by atoms with Crippen molar-refractivity contribution in [3.63, 3.8) is 0 Å². The van der Waals surface area contributed by atoms with Crippen LogP contribution < -0.4 is 5.32 Å². The van der Waals surface area contributed by atoms with E-state index in [4.69, 9.17) is 0 Å². The van der Waals surface area contributed by atoms with Gasteiger partial charge in [0.1, 0.15) is 11.5 Å². The second-order valence-electron chi connectivity index (χ2n) is 6.09. The van der Waals surface area contributed by atoms with Gasteiger partial charge in [-0.2, -0.15) is 13.2 Å². The number of anilines is 1. The standard InChI is InChI=1S/C15H16F3N3O/c1-8-7-10(15(16,17)18)19-12-9(8)5-6-11(20-12)21-13(22)14(2,3)4/h5-7H,1-4H3,(H,19,20,21,22). The Morgan fingerprint density at radius 3 is 2.32 bits per heavy atom. The Morgan fingerprint density at radius 1 is 1.14 bits per heavy atom. The van der Waals surface area contributed by atoms with Crippen LogP contribution in [0.5, 0.6) is 0 Å². The fraction of sp³-hybridized carbons (Fsp3) is 0.400. The van der Waals surface area contributed by atoms with Crippen molar-refractivity contribution in [1.82, 2.24) is 9.97 Å². The van der Waals surface area contributed by atoms with Crippen molar-refractivity contribution >= 4 is 22.8 Å². The van der Waals surface area contributed by atoms with Crippen LogP contribution in [-0.2, 0) is 11.0 Å². The van der Waals surface area contributed by atoms with Crippen LogP contribution in [-0.4, -0.2) is 15.9 Å². The van der Waals surface area contributed by atoms with Gasteiger partial charge in [0.25, 0.3) is 0 Å². The minimum Gasteiger partial charge on any atom is -0.310 e. The fourth-order valence-electron chi connectivity index (χ4n) is 1.79. The first-order valence-electron chi connectivity index (χ1n) is 6.65. The van der Waals surface area contributed by atoms with Crippen LogP contribution in [0, 0.1) is 12.3 Å². The SMILES string of the molecule is Cc1cc(C(F)(F)F)nc2nc(NC(=O)C(C)(C)C)ccc12. The number of halogens is 3. The molecule has 0 atom stereocenters. The number of alkyl halides is 3. The lowest BCUT2D eigenvalue weighted by molar-refractivity contribution is -0.141. The number of carbonyl (C=O) groups is 1. The van der Waals surface area contributed by atoms with Gasteiger partial charge in [0, 0.05) is 10.8 Å². The van der Waals surface area contributed by atoms with E-state index in [1.54, 1.807) is 39.8 Å². The van der Waals surface area contributed by atoms with Crippen LogP contribution >= 0.6 is 0 Å². The zero-order valence-corrected chi connectivity index (χ0v) is 12.7. The number of nitrogens with zero attached hydrogens (tertiary/aromatic N) is 2. The molecular weight excluding hydrogens is 295 g/mol. The Kier molecular flexibility index (Phi) is 3.85. The Balaban J connectivity index is 2.47. The Labute approximate surface area is 125 Å². The molecule has 4 nitrogen and oxygen atoms in total. The number of aromatic nitrogens is 2. The van der Waals surface area contributed by atoms with Crippen LogP contribution in [0.4, 0.5) is 19.0 Å². The second kappa shape index (κ2) is 5.23. The molecule has 0 saturated heterocycles. The van der Waals surface area contributed by atoms with Gasteiger partial charge in [-0.3, -0.25) is 4.79 Å². The third-order valence-electron chi connectivity index (χ3n) is 3.09. The number of hydrogen-bond donors (Lipinski definition) is 1. The number of carbonyl (C=O) groups excluding carboxylic acids is 1. The van der Waals surface area contributed by atoms with Crippen molar-refractivity contribution in [2.45, 2.75) is 33.9 Å². The maximum atomic E-state index is 12.8. The van der Waals surface area contributed by atoms with Crippen molar-refractivity contribution in [1.29, 1.82) is 0 Å².